The Morgan fingerprint density at radius 1 is 1.23 bits per heavy atom. The summed E-state index contributed by atoms with van der Waals surface area (Å²) in [5.74, 6) is -1.80. The van der Waals surface area contributed by atoms with E-state index in [1.165, 1.54) is 26.4 Å². The van der Waals surface area contributed by atoms with Gasteiger partial charge in [0, 0.05) is 13.7 Å². The van der Waals surface area contributed by atoms with Crippen molar-refractivity contribution < 1.29 is 32.6 Å². The molecule has 9 heteroatoms. The molecule has 0 fully saturated rings. The van der Waals surface area contributed by atoms with E-state index in [1.807, 2.05) is 0 Å². The molecule has 1 aromatic carbocycles. The third-order valence-corrected chi connectivity index (χ3v) is 4.08. The van der Waals surface area contributed by atoms with E-state index in [9.17, 15) is 18.0 Å². The molecule has 8 nitrogen and oxygen atoms in total. The van der Waals surface area contributed by atoms with Crippen molar-refractivity contribution in [3.8, 4) is 0 Å². The van der Waals surface area contributed by atoms with Crippen molar-refractivity contribution in [3.63, 3.8) is 0 Å². The summed E-state index contributed by atoms with van der Waals surface area (Å²) in [7, 11) is -1.32. The van der Waals surface area contributed by atoms with E-state index in [2.05, 4.69) is 9.46 Å². The van der Waals surface area contributed by atoms with Crippen LogP contribution in [0.5, 0.6) is 0 Å². The number of carbonyl (C=O) groups excluding carboxylic acids is 1. The molecular weight excluding hydrogens is 314 g/mol. The number of hydrogen-bond acceptors (Lipinski definition) is 6. The Morgan fingerprint density at radius 2 is 1.91 bits per heavy atom. The molecule has 0 unspecified atom stereocenters. The van der Waals surface area contributed by atoms with Gasteiger partial charge in [0.1, 0.15) is 0 Å². The molecule has 0 saturated carbocycles. The second-order valence-electron chi connectivity index (χ2n) is 4.33. The molecule has 0 bridgehead atoms. The van der Waals surface area contributed by atoms with Gasteiger partial charge < -0.3 is 14.6 Å². The molecule has 0 atom stereocenters. The van der Waals surface area contributed by atoms with Gasteiger partial charge in [-0.15, -0.1) is 0 Å². The zero-order valence-electron chi connectivity index (χ0n) is 12.2. The fourth-order valence-electron chi connectivity index (χ4n) is 1.68. The molecule has 0 heterocycles. The van der Waals surface area contributed by atoms with Crippen LogP contribution < -0.4 is 4.72 Å². The van der Waals surface area contributed by atoms with Gasteiger partial charge in [0.2, 0.25) is 10.0 Å². The van der Waals surface area contributed by atoms with Gasteiger partial charge >= 0.3 is 11.9 Å². The predicted octanol–water partition coefficient (Wildman–Crippen LogP) is 0.373. The molecular formula is C13H17NO7S. The summed E-state index contributed by atoms with van der Waals surface area (Å²) >= 11 is 0. The number of sulfonamides is 1. The van der Waals surface area contributed by atoms with E-state index in [0.29, 0.717) is 5.56 Å². The van der Waals surface area contributed by atoms with E-state index in [1.54, 1.807) is 0 Å². The molecule has 0 aliphatic carbocycles. The van der Waals surface area contributed by atoms with E-state index < -0.39 is 22.0 Å². The summed E-state index contributed by atoms with van der Waals surface area (Å²) < 4.78 is 35.9. The largest absolute Gasteiger partial charge is 0.481 e. The average Bonchev–Trinajstić information content (AvgIpc) is 2.45. The third kappa shape index (κ3) is 5.10. The molecule has 2 N–H and O–H groups in total. The summed E-state index contributed by atoms with van der Waals surface area (Å²) in [4.78, 5) is 21.9. The lowest BCUT2D eigenvalue weighted by Gasteiger charge is -2.10. The van der Waals surface area contributed by atoms with Crippen molar-refractivity contribution in [3.05, 3.63) is 29.3 Å². The van der Waals surface area contributed by atoms with Crippen LogP contribution in [-0.4, -0.2) is 46.2 Å². The number of carboxylic acids is 1. The van der Waals surface area contributed by atoms with Crippen molar-refractivity contribution >= 4 is 22.0 Å². The van der Waals surface area contributed by atoms with E-state index in [4.69, 9.17) is 9.84 Å². The Balaban J connectivity index is 3.12. The molecule has 0 saturated heterocycles. The SMILES string of the molecule is COCc1cc(C(=O)OC)cc(S(=O)(=O)NCCC(=O)O)c1. The molecule has 0 aromatic heterocycles. The number of aliphatic carboxylic acids is 1. The average molecular weight is 331 g/mol. The number of carboxylic acid groups (broad SMARTS) is 1. The maximum atomic E-state index is 12.1. The number of benzene rings is 1. The van der Waals surface area contributed by atoms with Crippen LogP contribution in [0.15, 0.2) is 23.1 Å². The summed E-state index contributed by atoms with van der Waals surface area (Å²) in [5.41, 5.74) is 0.541. The lowest BCUT2D eigenvalue weighted by atomic mass is 10.1. The van der Waals surface area contributed by atoms with E-state index >= 15 is 0 Å². The molecule has 0 amide bonds. The van der Waals surface area contributed by atoms with Crippen LogP contribution in [0.2, 0.25) is 0 Å². The zero-order chi connectivity index (χ0) is 16.8. The Labute approximate surface area is 128 Å². The quantitative estimate of drug-likeness (QED) is 0.661. The van der Waals surface area contributed by atoms with Gasteiger partial charge in [0.15, 0.2) is 0 Å². The molecule has 1 aromatic rings. The molecule has 0 aliphatic rings. The smallest absolute Gasteiger partial charge is 0.337 e. The van der Waals surface area contributed by atoms with Gasteiger partial charge in [-0.1, -0.05) is 0 Å². The first-order valence-corrected chi connectivity index (χ1v) is 7.71. The fraction of sp³-hybridized carbons (Fsp3) is 0.385. The van der Waals surface area contributed by atoms with Gasteiger partial charge in [-0.25, -0.2) is 17.9 Å². The standard InChI is InChI=1S/C13H17NO7S/c1-20-8-9-5-10(13(17)21-2)7-11(6-9)22(18,19)14-4-3-12(15)16/h5-7,14H,3-4,8H2,1-2H3,(H,15,16). The zero-order valence-corrected chi connectivity index (χ0v) is 13.0. The number of rotatable bonds is 8. The maximum Gasteiger partial charge on any atom is 0.337 e. The van der Waals surface area contributed by atoms with E-state index in [0.717, 1.165) is 6.07 Å². The fourth-order valence-corrected chi connectivity index (χ4v) is 2.80. The second kappa shape index (κ2) is 7.87. The highest BCUT2D eigenvalue weighted by Crippen LogP contribution is 2.17. The number of carbonyl (C=O) groups is 2. The van der Waals surface area contributed by atoms with Gasteiger partial charge in [0.05, 0.1) is 30.6 Å². The minimum Gasteiger partial charge on any atom is -0.481 e. The summed E-state index contributed by atoms with van der Waals surface area (Å²) in [6.07, 6.45) is -0.346. The molecule has 0 spiro atoms. The molecule has 1 rings (SSSR count). The number of methoxy groups -OCH3 is 2. The van der Waals surface area contributed by atoms with Crippen molar-refractivity contribution in [1.29, 1.82) is 0 Å². The minimum atomic E-state index is -3.94. The number of hydrogen-bond donors (Lipinski definition) is 2. The monoisotopic (exact) mass is 331 g/mol. The number of esters is 1. The summed E-state index contributed by atoms with van der Waals surface area (Å²) in [5, 5.41) is 8.53. The highest BCUT2D eigenvalue weighted by Gasteiger charge is 2.18. The van der Waals surface area contributed by atoms with Crippen molar-refractivity contribution in [2.45, 2.75) is 17.9 Å². The minimum absolute atomic E-state index is 0.0654. The van der Waals surface area contributed by atoms with Gasteiger partial charge in [-0.3, -0.25) is 4.79 Å². The maximum absolute atomic E-state index is 12.1. The number of nitrogens with one attached hydrogen (secondary N) is 1. The van der Waals surface area contributed by atoms with Crippen LogP contribution in [0, 0.1) is 0 Å². The highest BCUT2D eigenvalue weighted by atomic mass is 32.2. The van der Waals surface area contributed by atoms with Crippen molar-refractivity contribution in [1.82, 2.24) is 4.72 Å². The van der Waals surface area contributed by atoms with Gasteiger partial charge in [-0.2, -0.15) is 0 Å². The van der Waals surface area contributed by atoms with Crippen LogP contribution in [0.1, 0.15) is 22.3 Å². The first-order chi connectivity index (χ1) is 10.3. The first-order valence-electron chi connectivity index (χ1n) is 6.23. The Morgan fingerprint density at radius 3 is 2.45 bits per heavy atom. The predicted molar refractivity (Wildman–Crippen MR) is 75.9 cm³/mol. The molecule has 22 heavy (non-hydrogen) atoms. The highest BCUT2D eigenvalue weighted by molar-refractivity contribution is 7.89. The number of ether oxygens (including phenoxy) is 2. The first kappa shape index (κ1) is 18.1. The lowest BCUT2D eigenvalue weighted by Crippen LogP contribution is -2.26. The molecule has 122 valence electrons. The van der Waals surface area contributed by atoms with Gasteiger partial charge in [0.25, 0.3) is 0 Å². The summed E-state index contributed by atoms with van der Waals surface area (Å²) in [6, 6.07) is 3.97. The van der Waals surface area contributed by atoms with Crippen molar-refractivity contribution in [2.24, 2.45) is 0 Å². The van der Waals surface area contributed by atoms with Crippen molar-refractivity contribution in [2.75, 3.05) is 20.8 Å². The van der Waals surface area contributed by atoms with Crippen LogP contribution in [0.25, 0.3) is 0 Å². The lowest BCUT2D eigenvalue weighted by molar-refractivity contribution is -0.136. The van der Waals surface area contributed by atoms with Crippen LogP contribution in [0.4, 0.5) is 0 Å². The Hall–Kier alpha value is -1.97. The third-order valence-electron chi connectivity index (χ3n) is 2.64. The Kier molecular flexibility index (Phi) is 6.47. The van der Waals surface area contributed by atoms with Crippen LogP contribution >= 0.6 is 0 Å². The van der Waals surface area contributed by atoms with Crippen LogP contribution in [0.3, 0.4) is 0 Å². The Bertz CT molecular complexity index is 654. The van der Waals surface area contributed by atoms with Gasteiger partial charge in [-0.05, 0) is 23.8 Å². The normalized spacial score (nSPS) is 11.2. The molecule has 0 radical (unpaired) electrons. The molecule has 0 aliphatic heterocycles. The van der Waals surface area contributed by atoms with Crippen LogP contribution in [-0.2, 0) is 30.9 Å². The summed E-state index contributed by atoms with van der Waals surface area (Å²) in [6.45, 7) is -0.137. The topological polar surface area (TPSA) is 119 Å². The second-order valence-corrected chi connectivity index (χ2v) is 6.10. The van der Waals surface area contributed by atoms with E-state index in [-0.39, 0.29) is 30.0 Å².